The number of aryl methyl sites for hydroxylation is 1. The zero-order valence-corrected chi connectivity index (χ0v) is 16.4. The van der Waals surface area contributed by atoms with Gasteiger partial charge >= 0.3 is 6.09 Å². The van der Waals surface area contributed by atoms with E-state index in [1.54, 1.807) is 17.9 Å². The van der Waals surface area contributed by atoms with Crippen molar-refractivity contribution in [3.8, 4) is 0 Å². The fourth-order valence-electron chi connectivity index (χ4n) is 3.26. The van der Waals surface area contributed by atoms with E-state index in [0.717, 1.165) is 31.4 Å². The first-order valence-electron chi connectivity index (χ1n) is 9.60. The lowest BCUT2D eigenvalue weighted by atomic mass is 10.0. The van der Waals surface area contributed by atoms with Crippen LogP contribution in [-0.4, -0.2) is 49.3 Å². The summed E-state index contributed by atoms with van der Waals surface area (Å²) in [4.78, 5) is 24.0. The highest BCUT2D eigenvalue weighted by Crippen LogP contribution is 2.35. The average Bonchev–Trinajstić information content (AvgIpc) is 3.36. The Morgan fingerprint density at radius 1 is 1.43 bits per heavy atom. The number of amides is 2. The van der Waals surface area contributed by atoms with E-state index in [9.17, 15) is 9.59 Å². The number of carbonyl (C=O) groups excluding carboxylic acids is 2. The number of nitrogens with one attached hydrogen (secondary N) is 3. The minimum atomic E-state index is -0.360. The highest BCUT2D eigenvalue weighted by molar-refractivity contribution is 5.91. The van der Waals surface area contributed by atoms with E-state index in [0.29, 0.717) is 11.5 Å². The van der Waals surface area contributed by atoms with Crippen LogP contribution in [0.25, 0.3) is 0 Å². The molecule has 0 bridgehead atoms. The van der Waals surface area contributed by atoms with Crippen LogP contribution in [0.4, 0.5) is 10.6 Å². The Kier molecular flexibility index (Phi) is 6.27. The summed E-state index contributed by atoms with van der Waals surface area (Å²) in [6, 6.07) is 1.94. The molecule has 0 radical (unpaired) electrons. The number of anilines is 1. The molecule has 10 nitrogen and oxygen atoms in total. The molecule has 3 rings (SSSR count). The van der Waals surface area contributed by atoms with Crippen molar-refractivity contribution in [3.05, 3.63) is 23.7 Å². The molecule has 0 aromatic carbocycles. The van der Waals surface area contributed by atoms with Crippen LogP contribution in [0.3, 0.4) is 0 Å². The summed E-state index contributed by atoms with van der Waals surface area (Å²) in [5.74, 6) is 0.496. The van der Waals surface area contributed by atoms with E-state index in [1.807, 2.05) is 19.9 Å². The van der Waals surface area contributed by atoms with Gasteiger partial charge in [-0.15, -0.1) is 5.10 Å². The molecule has 3 atom stereocenters. The Labute approximate surface area is 163 Å². The Balaban J connectivity index is 1.47. The molecule has 0 aliphatic heterocycles. The van der Waals surface area contributed by atoms with Crippen LogP contribution in [0.5, 0.6) is 0 Å². The lowest BCUT2D eigenvalue weighted by molar-refractivity contribution is -0.115. The first-order chi connectivity index (χ1) is 13.4. The molecule has 2 amide bonds. The number of ether oxygens (including phenoxy) is 1. The average molecular weight is 389 g/mol. The Bertz CT molecular complexity index is 816. The number of aromatic amines is 1. The molecule has 1 aliphatic carbocycles. The molecule has 2 aromatic rings. The van der Waals surface area contributed by atoms with Crippen LogP contribution in [0.2, 0.25) is 0 Å². The Hall–Kier alpha value is -2.91. The SMILES string of the molecule is CC[C@H](C)NC(=O)O[C@@H]1CC[C@H](c2cc(NC(=O)Cc3cn(C)nn3)n[nH]2)C1. The molecule has 0 saturated heterocycles. The van der Waals surface area contributed by atoms with E-state index in [2.05, 4.69) is 31.1 Å². The maximum absolute atomic E-state index is 12.1. The standard InChI is InChI=1S/C18H27N7O3/c1-4-11(2)19-18(27)28-14-6-5-12(7-14)15-9-16(23-22-15)20-17(26)8-13-10-25(3)24-21-13/h9-12,14H,4-8H2,1-3H3,(H,19,27)(H2,20,22,23,26)/t11-,12-,14+/m0/s1. The van der Waals surface area contributed by atoms with Crippen LogP contribution >= 0.6 is 0 Å². The number of carbonyl (C=O) groups is 2. The van der Waals surface area contributed by atoms with Crippen molar-refractivity contribution >= 4 is 17.8 Å². The quantitative estimate of drug-likeness (QED) is 0.663. The zero-order chi connectivity index (χ0) is 20.1. The summed E-state index contributed by atoms with van der Waals surface area (Å²) >= 11 is 0. The molecule has 10 heteroatoms. The molecule has 1 aliphatic rings. The van der Waals surface area contributed by atoms with E-state index in [-0.39, 0.29) is 36.5 Å². The second-order valence-electron chi connectivity index (χ2n) is 7.31. The largest absolute Gasteiger partial charge is 0.446 e. The molecule has 0 unspecified atom stereocenters. The third-order valence-corrected chi connectivity index (χ3v) is 4.93. The second kappa shape index (κ2) is 8.85. The fourth-order valence-corrected chi connectivity index (χ4v) is 3.26. The molecular weight excluding hydrogens is 362 g/mol. The number of aromatic nitrogens is 5. The van der Waals surface area contributed by atoms with Crippen LogP contribution in [-0.2, 0) is 23.0 Å². The van der Waals surface area contributed by atoms with Crippen molar-refractivity contribution < 1.29 is 14.3 Å². The molecule has 2 aromatic heterocycles. The molecule has 3 N–H and O–H groups in total. The Morgan fingerprint density at radius 2 is 2.25 bits per heavy atom. The van der Waals surface area contributed by atoms with Crippen LogP contribution in [0.1, 0.15) is 56.8 Å². The van der Waals surface area contributed by atoms with Gasteiger partial charge in [-0.3, -0.25) is 14.6 Å². The van der Waals surface area contributed by atoms with Crippen LogP contribution in [0, 0.1) is 0 Å². The second-order valence-corrected chi connectivity index (χ2v) is 7.31. The molecule has 152 valence electrons. The molecule has 28 heavy (non-hydrogen) atoms. The summed E-state index contributed by atoms with van der Waals surface area (Å²) in [7, 11) is 1.75. The van der Waals surface area contributed by atoms with Gasteiger partial charge in [0.2, 0.25) is 5.91 Å². The summed E-state index contributed by atoms with van der Waals surface area (Å²) in [6.07, 6.45) is 4.69. The predicted octanol–water partition coefficient (Wildman–Crippen LogP) is 1.88. The number of hydrogen-bond acceptors (Lipinski definition) is 6. The van der Waals surface area contributed by atoms with Crippen molar-refractivity contribution in [2.45, 2.75) is 64.0 Å². The number of hydrogen-bond donors (Lipinski definition) is 3. The van der Waals surface area contributed by atoms with Gasteiger partial charge in [-0.1, -0.05) is 12.1 Å². The highest BCUT2D eigenvalue weighted by atomic mass is 16.6. The van der Waals surface area contributed by atoms with Crippen LogP contribution < -0.4 is 10.6 Å². The lowest BCUT2D eigenvalue weighted by Crippen LogP contribution is -2.34. The molecular formula is C18H27N7O3. The van der Waals surface area contributed by atoms with Crippen molar-refractivity contribution in [3.63, 3.8) is 0 Å². The van der Waals surface area contributed by atoms with E-state index in [4.69, 9.17) is 4.74 Å². The lowest BCUT2D eigenvalue weighted by Gasteiger charge is -2.16. The molecule has 1 saturated carbocycles. The summed E-state index contributed by atoms with van der Waals surface area (Å²) in [5, 5.41) is 20.4. The molecule has 0 spiro atoms. The summed E-state index contributed by atoms with van der Waals surface area (Å²) in [5.41, 5.74) is 1.53. The minimum Gasteiger partial charge on any atom is -0.446 e. The smallest absolute Gasteiger partial charge is 0.407 e. The monoisotopic (exact) mass is 389 g/mol. The maximum atomic E-state index is 12.1. The van der Waals surface area contributed by atoms with Crippen molar-refractivity contribution in [2.75, 3.05) is 5.32 Å². The van der Waals surface area contributed by atoms with Gasteiger partial charge in [0, 0.05) is 37.0 Å². The zero-order valence-electron chi connectivity index (χ0n) is 16.4. The topological polar surface area (TPSA) is 127 Å². The maximum Gasteiger partial charge on any atom is 0.407 e. The normalized spacial score (nSPS) is 20.0. The van der Waals surface area contributed by atoms with Gasteiger partial charge in [0.25, 0.3) is 0 Å². The van der Waals surface area contributed by atoms with Gasteiger partial charge in [0.05, 0.1) is 12.1 Å². The third-order valence-electron chi connectivity index (χ3n) is 4.93. The number of rotatable bonds is 7. The highest BCUT2D eigenvalue weighted by Gasteiger charge is 2.30. The van der Waals surface area contributed by atoms with E-state index in [1.165, 1.54) is 0 Å². The van der Waals surface area contributed by atoms with Gasteiger partial charge < -0.3 is 15.4 Å². The van der Waals surface area contributed by atoms with Crippen molar-refractivity contribution in [2.24, 2.45) is 7.05 Å². The van der Waals surface area contributed by atoms with Gasteiger partial charge in [-0.25, -0.2) is 4.79 Å². The Morgan fingerprint density at radius 3 is 2.96 bits per heavy atom. The first kappa shape index (κ1) is 19.8. The van der Waals surface area contributed by atoms with Gasteiger partial charge in [0.1, 0.15) is 6.10 Å². The number of alkyl carbamates (subject to hydrolysis) is 1. The van der Waals surface area contributed by atoms with Crippen LogP contribution in [0.15, 0.2) is 12.3 Å². The van der Waals surface area contributed by atoms with E-state index < -0.39 is 0 Å². The summed E-state index contributed by atoms with van der Waals surface area (Å²) in [6.45, 7) is 3.96. The fraction of sp³-hybridized carbons (Fsp3) is 0.611. The first-order valence-corrected chi connectivity index (χ1v) is 9.60. The van der Waals surface area contributed by atoms with Gasteiger partial charge in [0.15, 0.2) is 5.82 Å². The molecule has 1 fully saturated rings. The summed E-state index contributed by atoms with van der Waals surface area (Å²) < 4.78 is 7.06. The minimum absolute atomic E-state index is 0.102. The predicted molar refractivity (Wildman–Crippen MR) is 102 cm³/mol. The number of nitrogens with zero attached hydrogens (tertiary/aromatic N) is 4. The van der Waals surface area contributed by atoms with Crippen molar-refractivity contribution in [1.29, 1.82) is 0 Å². The van der Waals surface area contributed by atoms with Gasteiger partial charge in [-0.05, 0) is 32.6 Å². The number of H-pyrrole nitrogens is 1. The third kappa shape index (κ3) is 5.30. The van der Waals surface area contributed by atoms with E-state index >= 15 is 0 Å². The van der Waals surface area contributed by atoms with Crippen molar-refractivity contribution in [1.82, 2.24) is 30.5 Å². The van der Waals surface area contributed by atoms with Gasteiger partial charge in [-0.2, -0.15) is 5.10 Å². The molecule has 2 heterocycles.